The topological polar surface area (TPSA) is 113 Å². The molecular formula is C20H16N6O2S. The second kappa shape index (κ2) is 7.72. The summed E-state index contributed by atoms with van der Waals surface area (Å²) < 4.78 is 0. The first kappa shape index (κ1) is 18.6. The van der Waals surface area contributed by atoms with Crippen molar-refractivity contribution in [3.05, 3.63) is 65.5 Å². The number of rotatable bonds is 5. The Labute approximate surface area is 170 Å². The molecule has 4 rings (SSSR count). The van der Waals surface area contributed by atoms with E-state index in [1.807, 2.05) is 35.7 Å². The van der Waals surface area contributed by atoms with E-state index in [4.69, 9.17) is 5.73 Å². The molecule has 3 aromatic rings. The van der Waals surface area contributed by atoms with E-state index < -0.39 is 11.9 Å². The predicted molar refractivity (Wildman–Crippen MR) is 111 cm³/mol. The van der Waals surface area contributed by atoms with Crippen LogP contribution >= 0.6 is 11.3 Å². The number of hydrazone groups is 1. The van der Waals surface area contributed by atoms with Gasteiger partial charge in [-0.3, -0.25) is 9.59 Å². The van der Waals surface area contributed by atoms with Crippen LogP contribution in [0.15, 0.2) is 75.3 Å². The molecule has 1 aliphatic heterocycles. The minimum Gasteiger partial charge on any atom is -0.366 e. The van der Waals surface area contributed by atoms with Crippen molar-refractivity contribution in [2.24, 2.45) is 21.1 Å². The lowest BCUT2D eigenvalue weighted by Crippen LogP contribution is -2.29. The first-order chi connectivity index (χ1) is 14.0. The Balaban J connectivity index is 1.51. The molecule has 2 amide bonds. The maximum Gasteiger partial charge on any atom is 0.282 e. The Hall–Kier alpha value is -3.72. The second-order valence-electron chi connectivity index (χ2n) is 6.30. The molecule has 29 heavy (non-hydrogen) atoms. The molecule has 2 aromatic carbocycles. The Morgan fingerprint density at radius 2 is 1.86 bits per heavy atom. The molecule has 8 nitrogen and oxygen atoms in total. The predicted octanol–water partition coefficient (Wildman–Crippen LogP) is 3.78. The van der Waals surface area contributed by atoms with Crippen LogP contribution in [0.1, 0.15) is 17.3 Å². The Kier molecular flexibility index (Phi) is 4.96. The maximum atomic E-state index is 12.8. The molecule has 0 spiro atoms. The minimum absolute atomic E-state index is 0.311. The maximum absolute atomic E-state index is 12.8. The number of nitrogens with two attached hydrogens (primary N) is 1. The molecule has 1 aliphatic rings. The molecule has 0 saturated heterocycles. The fourth-order valence-electron chi connectivity index (χ4n) is 2.75. The van der Waals surface area contributed by atoms with Crippen molar-refractivity contribution in [1.29, 1.82) is 0 Å². The Morgan fingerprint density at radius 1 is 1.14 bits per heavy atom. The summed E-state index contributed by atoms with van der Waals surface area (Å²) in [6.07, 6.45) is 0. The fourth-order valence-corrected chi connectivity index (χ4v) is 3.53. The first-order valence-corrected chi connectivity index (χ1v) is 9.61. The van der Waals surface area contributed by atoms with Crippen LogP contribution in [-0.2, 0) is 4.79 Å². The standard InChI is InChI=1S/C20H16N6O2S/c1-12-17(24-23-15-9-7-14(8-10-15)18(21)27)19(28)26(25-12)20-22-16(11-29-20)13-5-3-2-4-6-13/h2-11,17H,1H3,(H2,21,27)/t17-/m1/s1. The molecular weight excluding hydrogens is 388 g/mol. The van der Waals surface area contributed by atoms with E-state index in [2.05, 4.69) is 20.3 Å². The monoisotopic (exact) mass is 404 g/mol. The highest BCUT2D eigenvalue weighted by Gasteiger charge is 2.36. The van der Waals surface area contributed by atoms with Crippen molar-refractivity contribution in [1.82, 2.24) is 4.98 Å². The largest absolute Gasteiger partial charge is 0.366 e. The van der Waals surface area contributed by atoms with Gasteiger partial charge >= 0.3 is 0 Å². The van der Waals surface area contributed by atoms with Crippen LogP contribution in [0.5, 0.6) is 0 Å². The zero-order valence-electron chi connectivity index (χ0n) is 15.4. The summed E-state index contributed by atoms with van der Waals surface area (Å²) in [5, 5.41) is 16.2. The van der Waals surface area contributed by atoms with E-state index in [1.165, 1.54) is 16.3 Å². The molecule has 0 unspecified atom stereocenters. The van der Waals surface area contributed by atoms with Crippen LogP contribution in [0.25, 0.3) is 11.3 Å². The number of hydrogen-bond donors (Lipinski definition) is 1. The van der Waals surface area contributed by atoms with Crippen LogP contribution in [-0.4, -0.2) is 28.6 Å². The van der Waals surface area contributed by atoms with Crippen LogP contribution in [0.4, 0.5) is 10.8 Å². The normalized spacial score (nSPS) is 16.4. The summed E-state index contributed by atoms with van der Waals surface area (Å²) in [4.78, 5) is 28.4. The van der Waals surface area contributed by atoms with E-state index in [0.717, 1.165) is 11.3 Å². The van der Waals surface area contributed by atoms with Crippen LogP contribution in [0.3, 0.4) is 0 Å². The van der Waals surface area contributed by atoms with Gasteiger partial charge in [0.25, 0.3) is 5.91 Å². The second-order valence-corrected chi connectivity index (χ2v) is 7.14. The van der Waals surface area contributed by atoms with Gasteiger partial charge in [-0.15, -0.1) is 11.3 Å². The van der Waals surface area contributed by atoms with Gasteiger partial charge < -0.3 is 5.73 Å². The molecule has 9 heteroatoms. The number of primary amides is 1. The summed E-state index contributed by atoms with van der Waals surface area (Å²) in [5.74, 6) is -0.828. The highest BCUT2D eigenvalue weighted by atomic mass is 32.1. The lowest BCUT2D eigenvalue weighted by Gasteiger charge is -2.08. The lowest BCUT2D eigenvalue weighted by atomic mass is 10.2. The van der Waals surface area contributed by atoms with E-state index in [1.54, 1.807) is 31.2 Å². The number of carbonyl (C=O) groups excluding carboxylic acids is 2. The minimum atomic E-state index is -0.810. The molecule has 0 radical (unpaired) electrons. The van der Waals surface area contributed by atoms with Crippen molar-refractivity contribution >= 4 is 39.7 Å². The third kappa shape index (κ3) is 3.81. The molecule has 0 saturated carbocycles. The van der Waals surface area contributed by atoms with Crippen molar-refractivity contribution in [3.63, 3.8) is 0 Å². The van der Waals surface area contributed by atoms with Crippen molar-refractivity contribution in [2.75, 3.05) is 5.01 Å². The zero-order valence-corrected chi connectivity index (χ0v) is 16.2. The van der Waals surface area contributed by atoms with Gasteiger partial charge in [-0.1, -0.05) is 30.3 Å². The van der Waals surface area contributed by atoms with Gasteiger partial charge in [-0.25, -0.2) is 4.98 Å². The smallest absolute Gasteiger partial charge is 0.282 e. The molecule has 0 bridgehead atoms. The van der Waals surface area contributed by atoms with E-state index in [0.29, 0.717) is 22.1 Å². The van der Waals surface area contributed by atoms with Gasteiger partial charge in [0.05, 0.1) is 17.1 Å². The molecule has 2 N–H and O–H groups in total. The SMILES string of the molecule is CC1=NN(c2nc(-c3ccccc3)cs2)C(=O)[C@@H]1N=Nc1ccc(C(N)=O)cc1. The molecule has 144 valence electrons. The van der Waals surface area contributed by atoms with E-state index >= 15 is 0 Å². The summed E-state index contributed by atoms with van der Waals surface area (Å²) in [5.41, 5.74) is 8.39. The number of anilines is 1. The first-order valence-electron chi connectivity index (χ1n) is 8.73. The Bertz CT molecular complexity index is 1120. The molecule has 1 aromatic heterocycles. The summed E-state index contributed by atoms with van der Waals surface area (Å²) in [6.45, 7) is 1.73. The van der Waals surface area contributed by atoms with Crippen LogP contribution < -0.4 is 10.7 Å². The summed E-state index contributed by atoms with van der Waals surface area (Å²) in [7, 11) is 0. The number of benzene rings is 2. The number of azo groups is 1. The zero-order chi connectivity index (χ0) is 20.4. The number of nitrogens with zero attached hydrogens (tertiary/aromatic N) is 5. The summed E-state index contributed by atoms with van der Waals surface area (Å²) in [6, 6.07) is 15.2. The van der Waals surface area contributed by atoms with Gasteiger partial charge in [-0.05, 0) is 31.2 Å². The van der Waals surface area contributed by atoms with Gasteiger partial charge in [0.15, 0.2) is 6.04 Å². The Morgan fingerprint density at radius 3 is 2.55 bits per heavy atom. The average molecular weight is 404 g/mol. The number of aromatic nitrogens is 1. The van der Waals surface area contributed by atoms with Gasteiger partial charge in [0.2, 0.25) is 11.0 Å². The molecule has 1 atom stereocenters. The third-order valence-corrected chi connectivity index (χ3v) is 5.10. The van der Waals surface area contributed by atoms with Crippen molar-refractivity contribution < 1.29 is 9.59 Å². The molecule has 0 fully saturated rings. The van der Waals surface area contributed by atoms with Crippen molar-refractivity contribution in [2.45, 2.75) is 13.0 Å². The van der Waals surface area contributed by atoms with Crippen molar-refractivity contribution in [3.8, 4) is 11.3 Å². The fraction of sp³-hybridized carbons (Fsp3) is 0.100. The highest BCUT2D eigenvalue weighted by molar-refractivity contribution is 7.14. The van der Waals surface area contributed by atoms with Gasteiger partial charge in [0, 0.05) is 16.5 Å². The molecule has 0 aliphatic carbocycles. The number of thiazole rings is 1. The van der Waals surface area contributed by atoms with Crippen LogP contribution in [0.2, 0.25) is 0 Å². The van der Waals surface area contributed by atoms with Gasteiger partial charge in [0.1, 0.15) is 0 Å². The summed E-state index contributed by atoms with van der Waals surface area (Å²) >= 11 is 1.34. The number of carbonyl (C=O) groups is 2. The van der Waals surface area contributed by atoms with Crippen LogP contribution in [0, 0.1) is 0 Å². The third-order valence-electron chi connectivity index (χ3n) is 4.28. The van der Waals surface area contributed by atoms with E-state index in [9.17, 15) is 9.59 Å². The quantitative estimate of drug-likeness (QED) is 0.653. The van der Waals surface area contributed by atoms with Gasteiger partial charge in [-0.2, -0.15) is 20.3 Å². The average Bonchev–Trinajstić information content (AvgIpc) is 3.32. The lowest BCUT2D eigenvalue weighted by molar-refractivity contribution is -0.117. The highest BCUT2D eigenvalue weighted by Crippen LogP contribution is 2.30. The molecule has 2 heterocycles. The van der Waals surface area contributed by atoms with E-state index in [-0.39, 0.29) is 5.91 Å². The number of hydrogen-bond acceptors (Lipinski definition) is 7. The number of amides is 2.